The maximum absolute atomic E-state index is 5.59. The van der Waals surface area contributed by atoms with Crippen LogP contribution in [0.3, 0.4) is 0 Å². The van der Waals surface area contributed by atoms with E-state index in [2.05, 4.69) is 10.4 Å². The molecule has 80 valence electrons. The van der Waals surface area contributed by atoms with E-state index in [0.717, 1.165) is 29.3 Å². The van der Waals surface area contributed by atoms with Gasteiger partial charge in [-0.3, -0.25) is 4.68 Å². The summed E-state index contributed by atoms with van der Waals surface area (Å²) in [6.45, 7) is 2.73. The molecular weight excluding hydrogens is 190 g/mol. The van der Waals surface area contributed by atoms with Crippen molar-refractivity contribution in [1.82, 2.24) is 15.1 Å². The molecule has 0 fully saturated rings. The van der Waals surface area contributed by atoms with E-state index in [4.69, 9.17) is 4.42 Å². The molecule has 0 amide bonds. The highest BCUT2D eigenvalue weighted by molar-refractivity contribution is 5.59. The first kappa shape index (κ1) is 9.98. The lowest BCUT2D eigenvalue weighted by molar-refractivity contribution is 0.547. The molecule has 0 spiro atoms. The minimum absolute atomic E-state index is 0.783. The molecule has 0 aliphatic heterocycles. The molecule has 0 bridgehead atoms. The van der Waals surface area contributed by atoms with Crippen molar-refractivity contribution in [3.8, 4) is 11.3 Å². The Hall–Kier alpha value is -1.55. The summed E-state index contributed by atoms with van der Waals surface area (Å²) in [7, 11) is 3.86. The Morgan fingerprint density at radius 2 is 2.27 bits per heavy atom. The molecule has 0 aliphatic rings. The largest absolute Gasteiger partial charge is 0.461 e. The van der Waals surface area contributed by atoms with Crippen molar-refractivity contribution in [1.29, 1.82) is 0 Å². The summed E-state index contributed by atoms with van der Waals surface area (Å²) in [6.07, 6.45) is 1.84. The molecule has 1 N–H and O–H groups in total. The summed E-state index contributed by atoms with van der Waals surface area (Å²) < 4.78 is 7.45. The minimum Gasteiger partial charge on any atom is -0.461 e. The molecule has 2 heterocycles. The van der Waals surface area contributed by atoms with Crippen LogP contribution >= 0.6 is 0 Å². The van der Waals surface area contributed by atoms with E-state index in [1.54, 1.807) is 0 Å². The lowest BCUT2D eigenvalue weighted by atomic mass is 10.2. The van der Waals surface area contributed by atoms with Crippen LogP contribution in [0.15, 0.2) is 22.7 Å². The first-order chi connectivity index (χ1) is 7.22. The Morgan fingerprint density at radius 1 is 1.47 bits per heavy atom. The van der Waals surface area contributed by atoms with Gasteiger partial charge in [-0.1, -0.05) is 0 Å². The molecule has 0 aromatic carbocycles. The number of nitrogens with one attached hydrogen (secondary N) is 1. The molecule has 4 nitrogen and oxygen atoms in total. The second kappa shape index (κ2) is 3.90. The lowest BCUT2D eigenvalue weighted by Gasteiger charge is -2.03. The van der Waals surface area contributed by atoms with Crippen molar-refractivity contribution in [3.05, 3.63) is 29.8 Å². The Morgan fingerprint density at radius 3 is 2.87 bits per heavy atom. The molecule has 4 heteroatoms. The summed E-state index contributed by atoms with van der Waals surface area (Å²) in [5.41, 5.74) is 2.19. The second-order valence-electron chi connectivity index (χ2n) is 3.57. The number of furan rings is 1. The van der Waals surface area contributed by atoms with Gasteiger partial charge in [-0.15, -0.1) is 0 Å². The van der Waals surface area contributed by atoms with Crippen molar-refractivity contribution in [2.24, 2.45) is 7.05 Å². The third kappa shape index (κ3) is 1.80. The minimum atomic E-state index is 0.783. The standard InChI is InChI=1S/C11H15N3O/c1-8-4-5-11(15-8)9-6-13-14(3)10(9)7-12-2/h4-6,12H,7H2,1-3H3. The zero-order valence-corrected chi connectivity index (χ0v) is 9.24. The van der Waals surface area contributed by atoms with E-state index < -0.39 is 0 Å². The zero-order chi connectivity index (χ0) is 10.8. The maximum Gasteiger partial charge on any atom is 0.137 e. The molecule has 0 aliphatic carbocycles. The molecule has 0 radical (unpaired) electrons. The average Bonchev–Trinajstić information content (AvgIpc) is 2.76. The summed E-state index contributed by atoms with van der Waals surface area (Å²) in [5, 5.41) is 7.36. The van der Waals surface area contributed by atoms with Gasteiger partial charge in [0.15, 0.2) is 0 Å². The first-order valence-electron chi connectivity index (χ1n) is 4.94. The number of nitrogens with zero attached hydrogens (tertiary/aromatic N) is 2. The molecule has 2 aromatic rings. The van der Waals surface area contributed by atoms with E-state index in [-0.39, 0.29) is 0 Å². The van der Waals surface area contributed by atoms with Gasteiger partial charge in [0.1, 0.15) is 11.5 Å². The number of aryl methyl sites for hydroxylation is 2. The van der Waals surface area contributed by atoms with Gasteiger partial charge >= 0.3 is 0 Å². The average molecular weight is 205 g/mol. The highest BCUT2D eigenvalue weighted by atomic mass is 16.3. The van der Waals surface area contributed by atoms with Gasteiger partial charge in [0, 0.05) is 13.6 Å². The normalized spacial score (nSPS) is 10.9. The Kier molecular flexibility index (Phi) is 2.60. The highest BCUT2D eigenvalue weighted by Crippen LogP contribution is 2.24. The van der Waals surface area contributed by atoms with Crippen molar-refractivity contribution in [2.75, 3.05) is 7.05 Å². The highest BCUT2D eigenvalue weighted by Gasteiger charge is 2.12. The van der Waals surface area contributed by atoms with Crippen molar-refractivity contribution < 1.29 is 4.42 Å². The molecule has 0 saturated heterocycles. The molecule has 0 saturated carbocycles. The third-order valence-electron chi connectivity index (χ3n) is 2.41. The van der Waals surface area contributed by atoms with Crippen LogP contribution in [0.5, 0.6) is 0 Å². The van der Waals surface area contributed by atoms with Crippen LogP contribution in [0.2, 0.25) is 0 Å². The fraction of sp³-hybridized carbons (Fsp3) is 0.364. The van der Waals surface area contributed by atoms with Gasteiger partial charge in [-0.05, 0) is 26.1 Å². The summed E-state index contributed by atoms with van der Waals surface area (Å²) in [6, 6.07) is 3.94. The SMILES string of the molecule is CNCc1c(-c2ccc(C)o2)cnn1C. The summed E-state index contributed by atoms with van der Waals surface area (Å²) >= 11 is 0. The molecule has 15 heavy (non-hydrogen) atoms. The van der Waals surface area contributed by atoms with E-state index >= 15 is 0 Å². The summed E-state index contributed by atoms with van der Waals surface area (Å²) in [4.78, 5) is 0. The van der Waals surface area contributed by atoms with Gasteiger partial charge in [0.25, 0.3) is 0 Å². The first-order valence-corrected chi connectivity index (χ1v) is 4.94. The fourth-order valence-electron chi connectivity index (χ4n) is 1.63. The van der Waals surface area contributed by atoms with Crippen LogP contribution < -0.4 is 5.32 Å². The van der Waals surface area contributed by atoms with Crippen molar-refractivity contribution in [3.63, 3.8) is 0 Å². The van der Waals surface area contributed by atoms with Gasteiger partial charge in [-0.25, -0.2) is 0 Å². The Labute approximate surface area is 88.9 Å². The van der Waals surface area contributed by atoms with Crippen LogP contribution in [-0.4, -0.2) is 16.8 Å². The maximum atomic E-state index is 5.59. The van der Waals surface area contributed by atoms with Crippen LogP contribution in [0.1, 0.15) is 11.5 Å². The molecule has 0 unspecified atom stereocenters. The Bertz CT molecular complexity index is 456. The van der Waals surface area contributed by atoms with E-state index in [1.165, 1.54) is 0 Å². The smallest absolute Gasteiger partial charge is 0.137 e. The van der Waals surface area contributed by atoms with E-state index in [0.29, 0.717) is 0 Å². The van der Waals surface area contributed by atoms with Crippen molar-refractivity contribution in [2.45, 2.75) is 13.5 Å². The van der Waals surface area contributed by atoms with Gasteiger partial charge in [0.05, 0.1) is 17.5 Å². The van der Waals surface area contributed by atoms with Crippen LogP contribution in [0.25, 0.3) is 11.3 Å². The zero-order valence-electron chi connectivity index (χ0n) is 9.24. The number of rotatable bonds is 3. The monoisotopic (exact) mass is 205 g/mol. The number of hydrogen-bond acceptors (Lipinski definition) is 3. The van der Waals surface area contributed by atoms with Gasteiger partial charge in [0.2, 0.25) is 0 Å². The van der Waals surface area contributed by atoms with Crippen LogP contribution in [0, 0.1) is 6.92 Å². The molecule has 2 rings (SSSR count). The fourth-order valence-corrected chi connectivity index (χ4v) is 1.63. The topological polar surface area (TPSA) is 43.0 Å². The predicted octanol–water partition coefficient (Wildman–Crippen LogP) is 1.71. The van der Waals surface area contributed by atoms with E-state index in [1.807, 2.05) is 44.0 Å². The Balaban J connectivity index is 2.43. The lowest BCUT2D eigenvalue weighted by Crippen LogP contribution is -2.10. The van der Waals surface area contributed by atoms with Gasteiger partial charge < -0.3 is 9.73 Å². The number of aromatic nitrogens is 2. The second-order valence-corrected chi connectivity index (χ2v) is 3.57. The van der Waals surface area contributed by atoms with Crippen LogP contribution in [-0.2, 0) is 13.6 Å². The van der Waals surface area contributed by atoms with Gasteiger partial charge in [-0.2, -0.15) is 5.10 Å². The van der Waals surface area contributed by atoms with E-state index in [9.17, 15) is 0 Å². The third-order valence-corrected chi connectivity index (χ3v) is 2.41. The quantitative estimate of drug-likeness (QED) is 0.829. The van der Waals surface area contributed by atoms with Crippen molar-refractivity contribution >= 4 is 0 Å². The predicted molar refractivity (Wildman–Crippen MR) is 58.4 cm³/mol. The van der Waals surface area contributed by atoms with Crippen LogP contribution in [0.4, 0.5) is 0 Å². The molecular formula is C11H15N3O. The summed E-state index contributed by atoms with van der Waals surface area (Å²) in [5.74, 6) is 1.80. The number of hydrogen-bond donors (Lipinski definition) is 1. The molecule has 2 aromatic heterocycles. The molecule has 0 atom stereocenters.